The summed E-state index contributed by atoms with van der Waals surface area (Å²) in [5, 5.41) is 12.4. The van der Waals surface area contributed by atoms with E-state index in [0.717, 1.165) is 11.1 Å². The zero-order valence-corrected chi connectivity index (χ0v) is 17.2. The van der Waals surface area contributed by atoms with Gasteiger partial charge < -0.3 is 14.8 Å². The van der Waals surface area contributed by atoms with Crippen LogP contribution in [0.3, 0.4) is 0 Å². The number of aromatic nitrogens is 1. The summed E-state index contributed by atoms with van der Waals surface area (Å²) in [5.74, 6) is -0.998. The molecule has 6 nitrogen and oxygen atoms in total. The lowest BCUT2D eigenvalue weighted by Gasteiger charge is -2.18. The van der Waals surface area contributed by atoms with E-state index in [-0.39, 0.29) is 28.7 Å². The molecule has 0 saturated carbocycles. The van der Waals surface area contributed by atoms with Gasteiger partial charge in [-0.15, -0.1) is 0 Å². The molecule has 0 fully saturated rings. The third kappa shape index (κ3) is 4.37. The van der Waals surface area contributed by atoms with Crippen LogP contribution in [0, 0.1) is 6.92 Å². The van der Waals surface area contributed by atoms with Gasteiger partial charge in [0.05, 0.1) is 0 Å². The Balaban J connectivity index is 2.06. The maximum atomic E-state index is 11.8. The van der Waals surface area contributed by atoms with Crippen molar-refractivity contribution in [2.45, 2.75) is 40.0 Å². The average Bonchev–Trinajstić information content (AvgIpc) is 3.08. The first kappa shape index (κ1) is 20.3. The van der Waals surface area contributed by atoms with E-state index in [0.29, 0.717) is 16.8 Å². The van der Waals surface area contributed by atoms with E-state index in [1.54, 1.807) is 18.2 Å². The molecular weight excluding hydrogens is 368 g/mol. The lowest BCUT2D eigenvalue weighted by atomic mass is 9.87. The van der Waals surface area contributed by atoms with Gasteiger partial charge in [-0.25, -0.2) is 9.78 Å². The van der Waals surface area contributed by atoms with Gasteiger partial charge in [-0.3, -0.25) is 4.79 Å². The molecule has 1 heterocycles. The summed E-state index contributed by atoms with van der Waals surface area (Å²) in [6.45, 7) is 9.64. The van der Waals surface area contributed by atoms with Crippen LogP contribution in [0.4, 0.5) is 5.69 Å². The zero-order chi connectivity index (χ0) is 21.3. The van der Waals surface area contributed by atoms with Crippen LogP contribution in [0.15, 0.2) is 46.9 Å². The Morgan fingerprint density at radius 1 is 1.03 bits per heavy atom. The van der Waals surface area contributed by atoms with Gasteiger partial charge in [0.1, 0.15) is 0 Å². The molecule has 2 aromatic carbocycles. The summed E-state index contributed by atoms with van der Waals surface area (Å²) in [4.78, 5) is 27.4. The molecule has 2 N–H and O–H groups in total. The number of hydrogen-bond donors (Lipinski definition) is 2. The number of carboxylic acids is 1. The summed E-state index contributed by atoms with van der Waals surface area (Å²) in [6, 6.07) is 13.0. The molecule has 150 valence electrons. The molecule has 6 heteroatoms. The van der Waals surface area contributed by atoms with Gasteiger partial charge in [0.2, 0.25) is 11.8 Å². The van der Waals surface area contributed by atoms with Gasteiger partial charge in [-0.2, -0.15) is 0 Å². The van der Waals surface area contributed by atoms with E-state index < -0.39 is 5.97 Å². The number of carboxylic acid groups (broad SMARTS) is 1. The third-order valence-electron chi connectivity index (χ3n) is 4.64. The first-order valence-electron chi connectivity index (χ1n) is 9.30. The Morgan fingerprint density at radius 2 is 1.66 bits per heavy atom. The minimum atomic E-state index is -1.18. The van der Waals surface area contributed by atoms with E-state index in [1.807, 2.05) is 31.2 Å². The number of carbonyl (C=O) groups is 2. The fourth-order valence-electron chi connectivity index (χ4n) is 2.98. The normalized spacial score (nSPS) is 11.3. The topological polar surface area (TPSA) is 92.4 Å². The molecule has 1 aromatic heterocycles. The van der Waals surface area contributed by atoms with Crippen LogP contribution in [-0.4, -0.2) is 22.0 Å². The van der Waals surface area contributed by atoms with E-state index in [4.69, 9.17) is 4.42 Å². The molecule has 0 aliphatic heterocycles. The fourth-order valence-corrected chi connectivity index (χ4v) is 2.98. The van der Waals surface area contributed by atoms with Crippen molar-refractivity contribution in [1.29, 1.82) is 0 Å². The molecule has 0 unspecified atom stereocenters. The minimum absolute atomic E-state index is 0.00845. The van der Waals surface area contributed by atoms with E-state index in [9.17, 15) is 14.7 Å². The van der Waals surface area contributed by atoms with Crippen LogP contribution < -0.4 is 5.32 Å². The molecule has 0 bridgehead atoms. The minimum Gasteiger partial charge on any atom is -0.476 e. The fraction of sp³-hybridized carbons (Fsp3) is 0.261. The summed E-state index contributed by atoms with van der Waals surface area (Å²) >= 11 is 0. The van der Waals surface area contributed by atoms with E-state index in [2.05, 4.69) is 31.1 Å². The molecule has 0 aliphatic carbocycles. The molecule has 0 atom stereocenters. The highest BCUT2D eigenvalue weighted by Crippen LogP contribution is 2.33. The van der Waals surface area contributed by atoms with Crippen molar-refractivity contribution in [3.05, 3.63) is 59.3 Å². The summed E-state index contributed by atoms with van der Waals surface area (Å²) < 4.78 is 5.87. The lowest BCUT2D eigenvalue weighted by molar-refractivity contribution is -0.114. The largest absolute Gasteiger partial charge is 0.476 e. The number of anilines is 1. The predicted octanol–water partition coefficient (Wildman–Crippen LogP) is 5.27. The smallest absolute Gasteiger partial charge is 0.358 e. The third-order valence-corrected chi connectivity index (χ3v) is 4.64. The second kappa shape index (κ2) is 7.54. The van der Waals surface area contributed by atoms with Crippen molar-refractivity contribution in [2.75, 3.05) is 5.32 Å². The molecular formula is C23H24N2O4. The quantitative estimate of drug-likeness (QED) is 0.631. The van der Waals surface area contributed by atoms with Crippen LogP contribution >= 0.6 is 0 Å². The molecule has 29 heavy (non-hydrogen) atoms. The van der Waals surface area contributed by atoms with Gasteiger partial charge in [0.25, 0.3) is 0 Å². The molecule has 1 amide bonds. The molecule has 0 radical (unpaired) electrons. The van der Waals surface area contributed by atoms with Gasteiger partial charge in [-0.1, -0.05) is 45.0 Å². The highest BCUT2D eigenvalue weighted by molar-refractivity contribution is 5.94. The van der Waals surface area contributed by atoms with Crippen molar-refractivity contribution in [3.63, 3.8) is 0 Å². The number of oxazole rings is 1. The average molecular weight is 392 g/mol. The Kier molecular flexibility index (Phi) is 5.29. The van der Waals surface area contributed by atoms with Crippen molar-refractivity contribution in [3.8, 4) is 22.8 Å². The zero-order valence-electron chi connectivity index (χ0n) is 17.2. The first-order valence-corrected chi connectivity index (χ1v) is 9.30. The Hall–Kier alpha value is -3.41. The molecule has 0 aliphatic rings. The number of hydrogen-bond acceptors (Lipinski definition) is 4. The monoisotopic (exact) mass is 392 g/mol. The van der Waals surface area contributed by atoms with E-state index >= 15 is 0 Å². The standard InChI is InChI=1S/C23H24N2O4/c1-13-6-7-16(12-18(13)24-14(2)26)20-19(22(27)28)25-21(29-20)15-8-10-17(11-9-15)23(3,4)5/h6-12H,1-5H3,(H,24,26)(H,27,28). The summed E-state index contributed by atoms with van der Waals surface area (Å²) in [6.07, 6.45) is 0. The highest BCUT2D eigenvalue weighted by Gasteiger charge is 2.23. The van der Waals surface area contributed by atoms with Crippen LogP contribution in [0.25, 0.3) is 22.8 Å². The SMILES string of the molecule is CC(=O)Nc1cc(-c2oc(-c3ccc(C(C)(C)C)cc3)nc2C(=O)O)ccc1C. The van der Waals surface area contributed by atoms with Gasteiger partial charge >= 0.3 is 5.97 Å². The number of rotatable bonds is 4. The van der Waals surface area contributed by atoms with Crippen LogP contribution in [0.2, 0.25) is 0 Å². The molecule has 0 saturated heterocycles. The lowest BCUT2D eigenvalue weighted by Crippen LogP contribution is -2.10. The van der Waals surface area contributed by atoms with Crippen LogP contribution in [-0.2, 0) is 10.2 Å². The Bertz CT molecular complexity index is 1070. The number of amides is 1. The number of benzene rings is 2. The predicted molar refractivity (Wildman–Crippen MR) is 112 cm³/mol. The maximum absolute atomic E-state index is 11.8. The highest BCUT2D eigenvalue weighted by atomic mass is 16.4. The second-order valence-electron chi connectivity index (χ2n) is 8.04. The Morgan fingerprint density at radius 3 is 2.21 bits per heavy atom. The molecule has 3 rings (SSSR count). The molecule has 0 spiro atoms. The number of nitrogens with one attached hydrogen (secondary N) is 1. The van der Waals surface area contributed by atoms with Gasteiger partial charge in [0, 0.05) is 23.7 Å². The van der Waals surface area contributed by atoms with E-state index in [1.165, 1.54) is 6.92 Å². The van der Waals surface area contributed by atoms with Crippen LogP contribution in [0.1, 0.15) is 49.3 Å². The molecule has 3 aromatic rings. The Labute approximate surface area is 169 Å². The van der Waals surface area contributed by atoms with Crippen molar-refractivity contribution in [2.24, 2.45) is 0 Å². The number of aryl methyl sites for hydroxylation is 1. The maximum Gasteiger partial charge on any atom is 0.358 e. The van der Waals surface area contributed by atoms with Gasteiger partial charge in [-0.05, 0) is 41.7 Å². The first-order chi connectivity index (χ1) is 13.6. The van der Waals surface area contributed by atoms with Crippen molar-refractivity contribution in [1.82, 2.24) is 4.98 Å². The van der Waals surface area contributed by atoms with Gasteiger partial charge in [0.15, 0.2) is 11.5 Å². The summed E-state index contributed by atoms with van der Waals surface area (Å²) in [5.41, 5.74) is 3.68. The number of aromatic carboxylic acids is 1. The number of nitrogens with zero attached hydrogens (tertiary/aromatic N) is 1. The van der Waals surface area contributed by atoms with Crippen molar-refractivity contribution < 1.29 is 19.1 Å². The second-order valence-corrected chi connectivity index (χ2v) is 8.04. The van der Waals surface area contributed by atoms with Crippen molar-refractivity contribution >= 4 is 17.6 Å². The summed E-state index contributed by atoms with van der Waals surface area (Å²) in [7, 11) is 0. The number of carbonyl (C=O) groups excluding carboxylic acids is 1. The van der Waals surface area contributed by atoms with Crippen LogP contribution in [0.5, 0.6) is 0 Å².